The zero-order valence-electron chi connectivity index (χ0n) is 12.3. The Kier molecular flexibility index (Phi) is 4.13. The molecular weight excluding hydrogens is 296 g/mol. The zero-order valence-corrected chi connectivity index (χ0v) is 13.1. The zero-order chi connectivity index (χ0) is 15.5. The SMILES string of the molecule is Cc1cccnc1Nc1cccc(-c2cnc([C@H](C)O)s2)n1. The lowest BCUT2D eigenvalue weighted by Gasteiger charge is -2.08. The highest BCUT2D eigenvalue weighted by Crippen LogP contribution is 2.29. The molecule has 0 spiro atoms. The molecule has 0 fully saturated rings. The smallest absolute Gasteiger partial charge is 0.134 e. The normalized spacial score (nSPS) is 12.1. The van der Waals surface area contributed by atoms with Crippen LogP contribution in [0.15, 0.2) is 42.7 Å². The van der Waals surface area contributed by atoms with Crippen molar-refractivity contribution in [2.75, 3.05) is 5.32 Å². The highest BCUT2D eigenvalue weighted by Gasteiger charge is 2.10. The van der Waals surface area contributed by atoms with Gasteiger partial charge in [0.2, 0.25) is 0 Å². The van der Waals surface area contributed by atoms with Crippen molar-refractivity contribution in [3.05, 3.63) is 53.3 Å². The molecule has 0 unspecified atom stereocenters. The number of aryl methyl sites for hydroxylation is 1. The topological polar surface area (TPSA) is 70.9 Å². The fourth-order valence-electron chi connectivity index (χ4n) is 1.98. The Morgan fingerprint density at radius 3 is 2.77 bits per heavy atom. The minimum Gasteiger partial charge on any atom is -0.386 e. The summed E-state index contributed by atoms with van der Waals surface area (Å²) in [6.07, 6.45) is 2.93. The third kappa shape index (κ3) is 3.13. The van der Waals surface area contributed by atoms with Crippen LogP contribution in [0.5, 0.6) is 0 Å². The average molecular weight is 312 g/mol. The summed E-state index contributed by atoms with van der Waals surface area (Å²) in [4.78, 5) is 14.0. The van der Waals surface area contributed by atoms with Gasteiger partial charge >= 0.3 is 0 Å². The first kappa shape index (κ1) is 14.6. The van der Waals surface area contributed by atoms with E-state index in [4.69, 9.17) is 0 Å². The maximum atomic E-state index is 9.57. The number of thiazole rings is 1. The molecule has 0 amide bonds. The van der Waals surface area contributed by atoms with E-state index in [1.165, 1.54) is 11.3 Å². The van der Waals surface area contributed by atoms with Crippen molar-refractivity contribution in [2.45, 2.75) is 20.0 Å². The van der Waals surface area contributed by atoms with E-state index in [-0.39, 0.29) is 0 Å². The number of aromatic nitrogens is 3. The number of hydrogen-bond donors (Lipinski definition) is 2. The number of pyridine rings is 2. The van der Waals surface area contributed by atoms with E-state index in [1.54, 1.807) is 19.3 Å². The van der Waals surface area contributed by atoms with Gasteiger partial charge in [-0.05, 0) is 37.6 Å². The molecule has 0 aromatic carbocycles. The first-order valence-corrected chi connectivity index (χ1v) is 7.75. The fraction of sp³-hybridized carbons (Fsp3) is 0.188. The van der Waals surface area contributed by atoms with Crippen molar-refractivity contribution in [1.82, 2.24) is 15.0 Å². The highest BCUT2D eigenvalue weighted by molar-refractivity contribution is 7.15. The minimum absolute atomic E-state index is 0.559. The number of nitrogens with zero attached hydrogens (tertiary/aromatic N) is 3. The van der Waals surface area contributed by atoms with E-state index in [0.717, 1.165) is 27.8 Å². The number of anilines is 2. The van der Waals surface area contributed by atoms with Gasteiger partial charge in [0.1, 0.15) is 22.7 Å². The summed E-state index contributed by atoms with van der Waals surface area (Å²) in [6, 6.07) is 9.66. The van der Waals surface area contributed by atoms with Gasteiger partial charge in [-0.25, -0.2) is 15.0 Å². The molecule has 0 radical (unpaired) electrons. The summed E-state index contributed by atoms with van der Waals surface area (Å²) in [6.45, 7) is 3.70. The summed E-state index contributed by atoms with van der Waals surface area (Å²) in [5, 5.41) is 13.5. The minimum atomic E-state index is -0.559. The van der Waals surface area contributed by atoms with Gasteiger partial charge in [-0.1, -0.05) is 12.1 Å². The van der Waals surface area contributed by atoms with Crippen molar-refractivity contribution in [3.63, 3.8) is 0 Å². The van der Waals surface area contributed by atoms with Gasteiger partial charge in [-0.3, -0.25) is 0 Å². The van der Waals surface area contributed by atoms with E-state index in [2.05, 4.69) is 20.3 Å². The van der Waals surface area contributed by atoms with Crippen LogP contribution in [-0.4, -0.2) is 20.1 Å². The Morgan fingerprint density at radius 1 is 1.18 bits per heavy atom. The van der Waals surface area contributed by atoms with Crippen LogP contribution in [0.4, 0.5) is 11.6 Å². The third-order valence-corrected chi connectivity index (χ3v) is 4.33. The van der Waals surface area contributed by atoms with Crippen LogP contribution < -0.4 is 5.32 Å². The molecule has 22 heavy (non-hydrogen) atoms. The summed E-state index contributed by atoms with van der Waals surface area (Å²) in [5.41, 5.74) is 1.88. The van der Waals surface area contributed by atoms with Crippen molar-refractivity contribution in [1.29, 1.82) is 0 Å². The lowest BCUT2D eigenvalue weighted by atomic mass is 10.3. The fourth-order valence-corrected chi connectivity index (χ4v) is 2.80. The van der Waals surface area contributed by atoms with Gasteiger partial charge in [-0.15, -0.1) is 11.3 Å². The average Bonchev–Trinajstić information content (AvgIpc) is 3.00. The molecule has 3 heterocycles. The first-order chi connectivity index (χ1) is 10.6. The monoisotopic (exact) mass is 312 g/mol. The Hall–Kier alpha value is -2.31. The highest BCUT2D eigenvalue weighted by atomic mass is 32.1. The number of nitrogens with one attached hydrogen (secondary N) is 1. The molecule has 0 saturated heterocycles. The lowest BCUT2D eigenvalue weighted by molar-refractivity contribution is 0.199. The molecule has 3 aromatic rings. The van der Waals surface area contributed by atoms with Crippen molar-refractivity contribution in [3.8, 4) is 10.6 Å². The number of hydrogen-bond acceptors (Lipinski definition) is 6. The van der Waals surface area contributed by atoms with Crippen molar-refractivity contribution in [2.24, 2.45) is 0 Å². The second-order valence-corrected chi connectivity index (χ2v) is 6.00. The van der Waals surface area contributed by atoms with Crippen LogP contribution in [0, 0.1) is 6.92 Å². The number of rotatable bonds is 4. The Labute approximate surface area is 132 Å². The molecule has 3 aromatic heterocycles. The Balaban J connectivity index is 1.87. The van der Waals surface area contributed by atoms with Gasteiger partial charge < -0.3 is 10.4 Å². The van der Waals surface area contributed by atoms with Crippen LogP contribution in [0.3, 0.4) is 0 Å². The van der Waals surface area contributed by atoms with Crippen molar-refractivity contribution >= 4 is 23.0 Å². The molecule has 5 nitrogen and oxygen atoms in total. The molecule has 0 aliphatic rings. The number of aliphatic hydroxyl groups excluding tert-OH is 1. The van der Waals surface area contributed by atoms with Gasteiger partial charge in [0, 0.05) is 12.4 Å². The van der Waals surface area contributed by atoms with Crippen LogP contribution in [0.2, 0.25) is 0 Å². The summed E-state index contributed by atoms with van der Waals surface area (Å²) < 4.78 is 0. The Bertz CT molecular complexity index is 785. The molecule has 0 aliphatic heterocycles. The van der Waals surface area contributed by atoms with Crippen LogP contribution >= 0.6 is 11.3 Å². The lowest BCUT2D eigenvalue weighted by Crippen LogP contribution is -1.98. The van der Waals surface area contributed by atoms with E-state index in [9.17, 15) is 5.11 Å². The second-order valence-electron chi connectivity index (χ2n) is 4.94. The largest absolute Gasteiger partial charge is 0.386 e. The van der Waals surface area contributed by atoms with Gasteiger partial charge in [-0.2, -0.15) is 0 Å². The van der Waals surface area contributed by atoms with Gasteiger partial charge in [0.05, 0.1) is 10.6 Å². The Morgan fingerprint density at radius 2 is 2.05 bits per heavy atom. The predicted molar refractivity (Wildman–Crippen MR) is 88.2 cm³/mol. The quantitative estimate of drug-likeness (QED) is 0.768. The molecule has 6 heteroatoms. The molecule has 0 bridgehead atoms. The van der Waals surface area contributed by atoms with Gasteiger partial charge in [0.25, 0.3) is 0 Å². The van der Waals surface area contributed by atoms with Gasteiger partial charge in [0.15, 0.2) is 0 Å². The molecule has 3 rings (SSSR count). The maximum Gasteiger partial charge on any atom is 0.134 e. The van der Waals surface area contributed by atoms with Crippen molar-refractivity contribution < 1.29 is 5.11 Å². The molecule has 1 atom stereocenters. The summed E-state index contributed by atoms with van der Waals surface area (Å²) in [7, 11) is 0. The van der Waals surface area contributed by atoms with E-state index in [1.807, 2.05) is 37.3 Å². The summed E-state index contributed by atoms with van der Waals surface area (Å²) in [5.74, 6) is 1.52. The number of aliphatic hydroxyl groups is 1. The predicted octanol–water partition coefficient (Wildman–Crippen LogP) is 3.71. The molecule has 112 valence electrons. The van der Waals surface area contributed by atoms with Crippen LogP contribution in [0.1, 0.15) is 23.6 Å². The molecule has 2 N–H and O–H groups in total. The van der Waals surface area contributed by atoms with E-state index < -0.39 is 6.10 Å². The standard InChI is InChI=1S/C16H16N4OS/c1-10-5-4-8-17-15(10)20-14-7-3-6-12(19-14)13-9-18-16(22-13)11(2)21/h3-9,11,21H,1-2H3,(H,17,19,20)/t11-/m0/s1. The van der Waals surface area contributed by atoms with Crippen LogP contribution in [-0.2, 0) is 0 Å². The molecular formula is C16H16N4OS. The molecule has 0 saturated carbocycles. The maximum absolute atomic E-state index is 9.57. The van der Waals surface area contributed by atoms with E-state index in [0.29, 0.717) is 5.01 Å². The summed E-state index contributed by atoms with van der Waals surface area (Å²) >= 11 is 1.45. The molecule has 0 aliphatic carbocycles. The first-order valence-electron chi connectivity index (χ1n) is 6.93. The second kappa shape index (κ2) is 6.21. The van der Waals surface area contributed by atoms with Crippen LogP contribution in [0.25, 0.3) is 10.6 Å². The third-order valence-electron chi connectivity index (χ3n) is 3.14. The van der Waals surface area contributed by atoms with E-state index >= 15 is 0 Å².